The summed E-state index contributed by atoms with van der Waals surface area (Å²) in [5, 5.41) is 12.1. The number of hydrogen-bond donors (Lipinski definition) is 2. The van der Waals surface area contributed by atoms with E-state index in [1.807, 2.05) is 19.9 Å². The Labute approximate surface area is 124 Å². The number of urea groups is 1. The molecule has 0 spiro atoms. The largest absolute Gasteiger partial charge is 0.480 e. The van der Waals surface area contributed by atoms with Crippen molar-refractivity contribution < 1.29 is 14.7 Å². The van der Waals surface area contributed by atoms with Gasteiger partial charge in [-0.3, -0.25) is 4.98 Å². The van der Waals surface area contributed by atoms with Crippen molar-refractivity contribution >= 4 is 12.0 Å². The summed E-state index contributed by atoms with van der Waals surface area (Å²) < 4.78 is 0. The summed E-state index contributed by atoms with van der Waals surface area (Å²) in [4.78, 5) is 29.1. The van der Waals surface area contributed by atoms with Gasteiger partial charge in [-0.05, 0) is 42.9 Å². The number of nitrogens with one attached hydrogen (secondary N) is 1. The number of carbonyl (C=O) groups is 2. The van der Waals surface area contributed by atoms with Gasteiger partial charge in [0.05, 0.1) is 0 Å². The van der Waals surface area contributed by atoms with E-state index in [2.05, 4.69) is 10.3 Å². The molecule has 1 fully saturated rings. The molecule has 21 heavy (non-hydrogen) atoms. The minimum absolute atomic E-state index is 0.0258. The van der Waals surface area contributed by atoms with Crippen LogP contribution in [0.1, 0.15) is 30.9 Å². The SMILES string of the molecule is Cc1ccncc1CNC(=O)N1CCCC(C)C1C(=O)O. The molecule has 1 saturated heterocycles. The second kappa shape index (κ2) is 6.56. The Morgan fingerprint density at radius 1 is 1.52 bits per heavy atom. The summed E-state index contributed by atoms with van der Waals surface area (Å²) in [7, 11) is 0. The molecule has 2 amide bonds. The first-order valence-electron chi connectivity index (χ1n) is 7.17. The average molecular weight is 291 g/mol. The Bertz CT molecular complexity index is 533. The standard InChI is InChI=1S/C15H21N3O3/c1-10-5-6-16-8-12(10)9-17-15(21)18-7-3-4-11(2)13(18)14(19)20/h5-6,8,11,13H,3-4,7,9H2,1-2H3,(H,17,21)(H,19,20). The summed E-state index contributed by atoms with van der Waals surface area (Å²) in [5.41, 5.74) is 1.98. The van der Waals surface area contributed by atoms with E-state index >= 15 is 0 Å². The number of pyridine rings is 1. The van der Waals surface area contributed by atoms with Crippen molar-refractivity contribution in [3.63, 3.8) is 0 Å². The van der Waals surface area contributed by atoms with Crippen LogP contribution in [-0.4, -0.2) is 39.6 Å². The molecule has 1 aliphatic rings. The van der Waals surface area contributed by atoms with Crippen LogP contribution < -0.4 is 5.32 Å². The number of rotatable bonds is 3. The number of likely N-dealkylation sites (tertiary alicyclic amines) is 1. The maximum Gasteiger partial charge on any atom is 0.326 e. The molecule has 1 aromatic rings. The van der Waals surface area contributed by atoms with Crippen LogP contribution in [0.2, 0.25) is 0 Å². The lowest BCUT2D eigenvalue weighted by Gasteiger charge is -2.37. The normalized spacial score (nSPS) is 21.9. The molecule has 0 radical (unpaired) electrons. The van der Waals surface area contributed by atoms with Gasteiger partial charge in [0.25, 0.3) is 0 Å². The summed E-state index contributed by atoms with van der Waals surface area (Å²) >= 11 is 0. The summed E-state index contributed by atoms with van der Waals surface area (Å²) in [5.74, 6) is -0.961. The van der Waals surface area contributed by atoms with E-state index in [0.29, 0.717) is 13.1 Å². The van der Waals surface area contributed by atoms with Crippen molar-refractivity contribution in [2.45, 2.75) is 39.3 Å². The fraction of sp³-hybridized carbons (Fsp3) is 0.533. The van der Waals surface area contributed by atoms with E-state index in [0.717, 1.165) is 24.0 Å². The third-order valence-electron chi connectivity index (χ3n) is 4.02. The van der Waals surface area contributed by atoms with E-state index in [4.69, 9.17) is 0 Å². The molecule has 0 aromatic carbocycles. The number of carbonyl (C=O) groups excluding carboxylic acids is 1. The van der Waals surface area contributed by atoms with Crippen molar-refractivity contribution in [1.82, 2.24) is 15.2 Å². The number of aryl methyl sites for hydroxylation is 1. The molecule has 0 aliphatic carbocycles. The molecule has 2 atom stereocenters. The van der Waals surface area contributed by atoms with E-state index in [1.165, 1.54) is 4.90 Å². The van der Waals surface area contributed by atoms with Crippen molar-refractivity contribution in [3.8, 4) is 0 Å². The minimum atomic E-state index is -0.935. The van der Waals surface area contributed by atoms with Crippen LogP contribution >= 0.6 is 0 Å². The van der Waals surface area contributed by atoms with Crippen LogP contribution in [0.15, 0.2) is 18.5 Å². The zero-order valence-corrected chi connectivity index (χ0v) is 12.4. The summed E-state index contributed by atoms with van der Waals surface area (Å²) in [6, 6.07) is 0.816. The van der Waals surface area contributed by atoms with Gasteiger partial charge in [-0.2, -0.15) is 0 Å². The third-order valence-corrected chi connectivity index (χ3v) is 4.02. The zero-order valence-electron chi connectivity index (χ0n) is 12.4. The number of carboxylic acid groups (broad SMARTS) is 1. The van der Waals surface area contributed by atoms with Crippen LogP contribution in [0, 0.1) is 12.8 Å². The highest BCUT2D eigenvalue weighted by Crippen LogP contribution is 2.23. The molecule has 0 bridgehead atoms. The molecule has 114 valence electrons. The molecule has 2 N–H and O–H groups in total. The van der Waals surface area contributed by atoms with Gasteiger partial charge in [0, 0.05) is 25.5 Å². The maximum atomic E-state index is 12.3. The Balaban J connectivity index is 2.02. The highest BCUT2D eigenvalue weighted by molar-refractivity contribution is 5.83. The highest BCUT2D eigenvalue weighted by atomic mass is 16.4. The van der Waals surface area contributed by atoms with Gasteiger partial charge in [0.2, 0.25) is 0 Å². The minimum Gasteiger partial charge on any atom is -0.480 e. The van der Waals surface area contributed by atoms with Gasteiger partial charge in [-0.15, -0.1) is 0 Å². The maximum absolute atomic E-state index is 12.3. The van der Waals surface area contributed by atoms with Gasteiger partial charge < -0.3 is 15.3 Å². The summed E-state index contributed by atoms with van der Waals surface area (Å²) in [6.07, 6.45) is 5.09. The Hall–Kier alpha value is -2.11. The van der Waals surface area contributed by atoms with E-state index in [9.17, 15) is 14.7 Å². The van der Waals surface area contributed by atoms with Crippen molar-refractivity contribution in [2.24, 2.45) is 5.92 Å². The predicted molar refractivity (Wildman–Crippen MR) is 77.7 cm³/mol. The number of amides is 2. The molecule has 0 saturated carbocycles. The fourth-order valence-electron chi connectivity index (χ4n) is 2.75. The number of nitrogens with zero attached hydrogens (tertiary/aromatic N) is 2. The molecule has 2 heterocycles. The molecular weight excluding hydrogens is 270 g/mol. The van der Waals surface area contributed by atoms with Crippen molar-refractivity contribution in [3.05, 3.63) is 29.6 Å². The lowest BCUT2D eigenvalue weighted by Crippen LogP contribution is -2.54. The Morgan fingerprint density at radius 2 is 2.29 bits per heavy atom. The first-order valence-corrected chi connectivity index (χ1v) is 7.17. The smallest absolute Gasteiger partial charge is 0.326 e. The van der Waals surface area contributed by atoms with Gasteiger partial charge in [0.1, 0.15) is 6.04 Å². The number of piperidine rings is 1. The number of hydrogen-bond acceptors (Lipinski definition) is 3. The fourth-order valence-corrected chi connectivity index (χ4v) is 2.75. The first-order chi connectivity index (χ1) is 10.0. The Kier molecular flexibility index (Phi) is 4.77. The van der Waals surface area contributed by atoms with Crippen LogP contribution in [0.25, 0.3) is 0 Å². The van der Waals surface area contributed by atoms with Crippen LogP contribution in [0.4, 0.5) is 4.79 Å². The second-order valence-corrected chi connectivity index (χ2v) is 5.56. The van der Waals surface area contributed by atoms with Gasteiger partial charge in [-0.25, -0.2) is 9.59 Å². The van der Waals surface area contributed by atoms with E-state index in [1.54, 1.807) is 12.4 Å². The number of aromatic nitrogens is 1. The molecular formula is C15H21N3O3. The molecule has 2 unspecified atom stereocenters. The van der Waals surface area contributed by atoms with Gasteiger partial charge >= 0.3 is 12.0 Å². The van der Waals surface area contributed by atoms with Crippen LogP contribution in [0.5, 0.6) is 0 Å². The Morgan fingerprint density at radius 3 is 2.95 bits per heavy atom. The number of aliphatic carboxylic acids is 1. The molecule has 1 aliphatic heterocycles. The predicted octanol–water partition coefficient (Wildman–Crippen LogP) is 1.78. The van der Waals surface area contributed by atoms with E-state index in [-0.39, 0.29) is 11.9 Å². The topological polar surface area (TPSA) is 82.5 Å². The highest BCUT2D eigenvalue weighted by Gasteiger charge is 2.36. The quantitative estimate of drug-likeness (QED) is 0.889. The third kappa shape index (κ3) is 3.51. The summed E-state index contributed by atoms with van der Waals surface area (Å²) in [6.45, 7) is 4.67. The van der Waals surface area contributed by atoms with E-state index < -0.39 is 12.0 Å². The van der Waals surface area contributed by atoms with Crippen molar-refractivity contribution in [2.75, 3.05) is 6.54 Å². The molecule has 1 aromatic heterocycles. The van der Waals surface area contributed by atoms with Gasteiger partial charge in [0.15, 0.2) is 0 Å². The monoisotopic (exact) mass is 291 g/mol. The van der Waals surface area contributed by atoms with Gasteiger partial charge in [-0.1, -0.05) is 6.92 Å². The molecule has 6 nitrogen and oxygen atoms in total. The molecule has 6 heteroatoms. The zero-order chi connectivity index (χ0) is 15.4. The van der Waals surface area contributed by atoms with Crippen LogP contribution in [0.3, 0.4) is 0 Å². The number of carboxylic acids is 1. The average Bonchev–Trinajstić information content (AvgIpc) is 2.45. The van der Waals surface area contributed by atoms with Crippen LogP contribution in [-0.2, 0) is 11.3 Å². The lowest BCUT2D eigenvalue weighted by atomic mass is 9.91. The van der Waals surface area contributed by atoms with Crippen molar-refractivity contribution in [1.29, 1.82) is 0 Å². The lowest BCUT2D eigenvalue weighted by molar-refractivity contribution is -0.145. The second-order valence-electron chi connectivity index (χ2n) is 5.56. The molecule has 2 rings (SSSR count). The first kappa shape index (κ1) is 15.3.